The highest BCUT2D eigenvalue weighted by Crippen LogP contribution is 2.15. The zero-order chi connectivity index (χ0) is 15.1. The number of anilines is 1. The lowest BCUT2D eigenvalue weighted by molar-refractivity contribution is -0.111. The molecule has 0 unspecified atom stereocenters. The van der Waals surface area contributed by atoms with E-state index in [9.17, 15) is 4.79 Å². The molecular formula is C17H14N2O2. The molecule has 0 heterocycles. The van der Waals surface area contributed by atoms with E-state index in [-0.39, 0.29) is 5.91 Å². The van der Waals surface area contributed by atoms with Crippen molar-refractivity contribution in [1.82, 2.24) is 0 Å². The Kier molecular flexibility index (Phi) is 4.73. The fourth-order valence-corrected chi connectivity index (χ4v) is 1.70. The van der Waals surface area contributed by atoms with Crippen molar-refractivity contribution in [3.05, 3.63) is 65.7 Å². The predicted octanol–water partition coefficient (Wildman–Crippen LogP) is 3.22. The summed E-state index contributed by atoms with van der Waals surface area (Å²) >= 11 is 0. The Morgan fingerprint density at radius 1 is 1.14 bits per heavy atom. The van der Waals surface area contributed by atoms with E-state index in [2.05, 4.69) is 5.32 Å². The fraction of sp³-hybridized carbons (Fsp3) is 0.0588. The maximum absolute atomic E-state index is 11.8. The van der Waals surface area contributed by atoms with E-state index < -0.39 is 0 Å². The lowest BCUT2D eigenvalue weighted by Crippen LogP contribution is -2.07. The number of rotatable bonds is 4. The van der Waals surface area contributed by atoms with Crippen molar-refractivity contribution in [1.29, 1.82) is 5.26 Å². The van der Waals surface area contributed by atoms with Crippen LogP contribution in [-0.2, 0) is 4.79 Å². The van der Waals surface area contributed by atoms with Crippen LogP contribution in [0.1, 0.15) is 11.1 Å². The monoisotopic (exact) mass is 278 g/mol. The molecule has 4 nitrogen and oxygen atoms in total. The first-order chi connectivity index (χ1) is 10.2. The van der Waals surface area contributed by atoms with E-state index in [4.69, 9.17) is 10.00 Å². The highest BCUT2D eigenvalue weighted by atomic mass is 16.5. The second kappa shape index (κ2) is 6.92. The molecule has 21 heavy (non-hydrogen) atoms. The molecule has 0 atom stereocenters. The molecule has 0 aliphatic carbocycles. The van der Waals surface area contributed by atoms with Crippen molar-refractivity contribution in [3.63, 3.8) is 0 Å². The van der Waals surface area contributed by atoms with Gasteiger partial charge in [-0.3, -0.25) is 4.79 Å². The van der Waals surface area contributed by atoms with Gasteiger partial charge in [-0.25, -0.2) is 0 Å². The molecule has 2 aromatic rings. The van der Waals surface area contributed by atoms with Crippen molar-refractivity contribution in [3.8, 4) is 11.8 Å². The number of amides is 1. The smallest absolute Gasteiger partial charge is 0.248 e. The van der Waals surface area contributed by atoms with Gasteiger partial charge in [0.15, 0.2) is 0 Å². The molecule has 0 aliphatic heterocycles. The topological polar surface area (TPSA) is 62.1 Å². The first kappa shape index (κ1) is 14.4. The van der Waals surface area contributed by atoms with E-state index in [1.165, 1.54) is 6.08 Å². The van der Waals surface area contributed by atoms with Crippen molar-refractivity contribution in [2.24, 2.45) is 0 Å². The molecule has 0 radical (unpaired) electrons. The Labute approximate surface area is 123 Å². The van der Waals surface area contributed by atoms with Crippen LogP contribution in [0.4, 0.5) is 5.69 Å². The minimum Gasteiger partial charge on any atom is -0.497 e. The number of ether oxygens (including phenoxy) is 1. The summed E-state index contributed by atoms with van der Waals surface area (Å²) in [5.41, 5.74) is 2.15. The van der Waals surface area contributed by atoms with Crippen LogP contribution in [-0.4, -0.2) is 13.0 Å². The zero-order valence-electron chi connectivity index (χ0n) is 11.5. The average molecular weight is 278 g/mol. The van der Waals surface area contributed by atoms with Crippen LogP contribution >= 0.6 is 0 Å². The summed E-state index contributed by atoms with van der Waals surface area (Å²) in [5.74, 6) is 0.519. The average Bonchev–Trinajstić information content (AvgIpc) is 2.54. The molecule has 0 bridgehead atoms. The van der Waals surface area contributed by atoms with E-state index in [0.29, 0.717) is 11.3 Å². The number of carbonyl (C=O) groups is 1. The first-order valence-corrected chi connectivity index (χ1v) is 6.34. The third-order valence-electron chi connectivity index (χ3n) is 2.82. The molecule has 0 aromatic heterocycles. The van der Waals surface area contributed by atoms with Gasteiger partial charge in [-0.15, -0.1) is 0 Å². The van der Waals surface area contributed by atoms with E-state index >= 15 is 0 Å². The maximum Gasteiger partial charge on any atom is 0.248 e. The molecule has 104 valence electrons. The Hall–Kier alpha value is -3.06. The van der Waals surface area contributed by atoms with Gasteiger partial charge in [0.25, 0.3) is 0 Å². The summed E-state index contributed by atoms with van der Waals surface area (Å²) in [6.07, 6.45) is 3.14. The molecule has 0 fully saturated rings. The number of methoxy groups -OCH3 is 1. The summed E-state index contributed by atoms with van der Waals surface area (Å²) in [6, 6.07) is 16.1. The van der Waals surface area contributed by atoms with E-state index in [1.54, 1.807) is 61.7 Å². The number of hydrogen-bond donors (Lipinski definition) is 1. The van der Waals surface area contributed by atoms with Crippen molar-refractivity contribution < 1.29 is 9.53 Å². The summed E-state index contributed by atoms with van der Waals surface area (Å²) in [7, 11) is 1.59. The molecular weight excluding hydrogens is 264 g/mol. The van der Waals surface area contributed by atoms with Crippen LogP contribution in [0.3, 0.4) is 0 Å². The predicted molar refractivity (Wildman–Crippen MR) is 81.8 cm³/mol. The van der Waals surface area contributed by atoms with Gasteiger partial charge in [-0.1, -0.05) is 12.1 Å². The molecule has 0 spiro atoms. The van der Waals surface area contributed by atoms with Crippen molar-refractivity contribution in [2.75, 3.05) is 12.4 Å². The van der Waals surface area contributed by atoms with Crippen LogP contribution in [0.2, 0.25) is 0 Å². The van der Waals surface area contributed by atoms with Crippen LogP contribution in [0.25, 0.3) is 6.08 Å². The third-order valence-corrected chi connectivity index (χ3v) is 2.82. The normalized spacial score (nSPS) is 10.1. The number of nitrogens with zero attached hydrogens (tertiary/aromatic N) is 1. The Morgan fingerprint density at radius 2 is 1.81 bits per heavy atom. The summed E-state index contributed by atoms with van der Waals surface area (Å²) < 4.78 is 5.05. The Bertz CT molecular complexity index is 680. The quantitative estimate of drug-likeness (QED) is 0.873. The van der Waals surface area contributed by atoms with Crippen LogP contribution < -0.4 is 10.1 Å². The van der Waals surface area contributed by atoms with Gasteiger partial charge in [0.1, 0.15) is 5.75 Å². The minimum absolute atomic E-state index is 0.218. The second-order valence-electron chi connectivity index (χ2n) is 4.28. The number of benzene rings is 2. The van der Waals surface area contributed by atoms with E-state index in [1.807, 2.05) is 6.07 Å². The molecule has 0 saturated heterocycles. The molecule has 1 amide bonds. The third kappa shape index (κ3) is 4.22. The molecule has 0 saturated carbocycles. The Morgan fingerprint density at radius 3 is 2.38 bits per heavy atom. The van der Waals surface area contributed by atoms with Crippen molar-refractivity contribution in [2.45, 2.75) is 0 Å². The number of hydrogen-bond acceptors (Lipinski definition) is 3. The number of nitrogens with one attached hydrogen (secondary N) is 1. The SMILES string of the molecule is COc1ccc(NC(=O)/C=C/c2ccc(C#N)cc2)cc1. The minimum atomic E-state index is -0.218. The summed E-state index contributed by atoms with van der Waals surface area (Å²) in [5, 5.41) is 11.5. The highest BCUT2D eigenvalue weighted by molar-refractivity contribution is 6.01. The lowest BCUT2D eigenvalue weighted by atomic mass is 10.1. The van der Waals surface area contributed by atoms with Gasteiger partial charge < -0.3 is 10.1 Å². The first-order valence-electron chi connectivity index (χ1n) is 6.34. The van der Waals surface area contributed by atoms with Crippen LogP contribution in [0.5, 0.6) is 5.75 Å². The van der Waals surface area contributed by atoms with Gasteiger partial charge in [0, 0.05) is 11.8 Å². The lowest BCUT2D eigenvalue weighted by Gasteiger charge is -2.03. The number of nitriles is 1. The largest absolute Gasteiger partial charge is 0.497 e. The summed E-state index contributed by atoms with van der Waals surface area (Å²) in [6.45, 7) is 0. The van der Waals surface area contributed by atoms with Gasteiger partial charge in [0.05, 0.1) is 18.7 Å². The fourth-order valence-electron chi connectivity index (χ4n) is 1.70. The number of carbonyl (C=O) groups excluding carboxylic acids is 1. The van der Waals surface area contributed by atoms with Crippen molar-refractivity contribution >= 4 is 17.7 Å². The molecule has 0 aliphatic rings. The summed E-state index contributed by atoms with van der Waals surface area (Å²) in [4.78, 5) is 11.8. The molecule has 2 aromatic carbocycles. The van der Waals surface area contributed by atoms with Gasteiger partial charge >= 0.3 is 0 Å². The van der Waals surface area contributed by atoms with Gasteiger partial charge in [-0.05, 0) is 48.0 Å². The molecule has 4 heteroatoms. The van der Waals surface area contributed by atoms with Gasteiger partial charge in [-0.2, -0.15) is 5.26 Å². The maximum atomic E-state index is 11.8. The Balaban J connectivity index is 1.96. The molecule has 1 N–H and O–H groups in total. The van der Waals surface area contributed by atoms with Crippen LogP contribution in [0, 0.1) is 11.3 Å². The van der Waals surface area contributed by atoms with Crippen LogP contribution in [0.15, 0.2) is 54.6 Å². The highest BCUT2D eigenvalue weighted by Gasteiger charge is 1.98. The standard InChI is InChI=1S/C17H14N2O2/c1-21-16-9-7-15(8-10-16)19-17(20)11-6-13-2-4-14(12-18)5-3-13/h2-11H,1H3,(H,19,20)/b11-6+. The zero-order valence-corrected chi connectivity index (χ0v) is 11.5. The van der Waals surface area contributed by atoms with Gasteiger partial charge in [0.2, 0.25) is 5.91 Å². The molecule has 2 rings (SSSR count). The second-order valence-corrected chi connectivity index (χ2v) is 4.28. The van der Waals surface area contributed by atoms with E-state index in [0.717, 1.165) is 11.3 Å².